The lowest BCUT2D eigenvalue weighted by Crippen LogP contribution is -2.29. The fourth-order valence-corrected chi connectivity index (χ4v) is 11.1. The van der Waals surface area contributed by atoms with Crippen molar-refractivity contribution in [1.82, 2.24) is 0 Å². The molecule has 0 amide bonds. The highest BCUT2D eigenvalue weighted by atomic mass is 15.1. The molecule has 0 aliphatic heterocycles. The van der Waals surface area contributed by atoms with Crippen LogP contribution < -0.4 is 4.90 Å². The highest BCUT2D eigenvalue weighted by Crippen LogP contribution is 2.60. The zero-order chi connectivity index (χ0) is 41.8. The van der Waals surface area contributed by atoms with Gasteiger partial charge >= 0.3 is 0 Å². The zero-order valence-electron chi connectivity index (χ0n) is 34.8. The molecule has 0 aromatic heterocycles. The zero-order valence-corrected chi connectivity index (χ0v) is 34.8. The summed E-state index contributed by atoms with van der Waals surface area (Å²) in [5.74, 6) is 0. The number of fused-ring (bicyclic) bond motifs is 6. The van der Waals surface area contributed by atoms with Crippen molar-refractivity contribution in [2.75, 3.05) is 4.90 Å². The predicted octanol–water partition coefficient (Wildman–Crippen LogP) is 15.5. The Morgan fingerprint density at radius 3 is 0.968 bits per heavy atom. The van der Waals surface area contributed by atoms with E-state index in [0.717, 1.165) is 17.1 Å². The molecule has 10 aromatic carbocycles. The van der Waals surface area contributed by atoms with E-state index in [-0.39, 0.29) is 0 Å². The van der Waals surface area contributed by atoms with Crippen LogP contribution in [0, 0.1) is 0 Å². The second-order valence-electron chi connectivity index (χ2n) is 16.7. The highest BCUT2D eigenvalue weighted by Gasteiger charge is 2.48. The van der Waals surface area contributed by atoms with Gasteiger partial charge in [0.05, 0.1) is 16.5 Å². The lowest BCUT2D eigenvalue weighted by atomic mass is 9.67. The lowest BCUT2D eigenvalue weighted by molar-refractivity contribution is 0.767. The normalized spacial score (nSPS) is 13.7. The van der Waals surface area contributed by atoms with Crippen molar-refractivity contribution in [2.24, 2.45) is 0 Å². The molecule has 2 aliphatic carbocycles. The Bertz CT molecular complexity index is 3000. The van der Waals surface area contributed by atoms with E-state index in [1.165, 1.54) is 77.9 Å². The van der Waals surface area contributed by atoms with Gasteiger partial charge in [0, 0.05) is 16.9 Å². The highest BCUT2D eigenvalue weighted by molar-refractivity contribution is 5.94. The van der Waals surface area contributed by atoms with Crippen molar-refractivity contribution >= 4 is 17.1 Å². The maximum atomic E-state index is 2.51. The molecule has 63 heavy (non-hydrogen) atoms. The second-order valence-corrected chi connectivity index (χ2v) is 16.7. The monoisotopic (exact) mass is 801 g/mol. The van der Waals surface area contributed by atoms with Gasteiger partial charge in [0.15, 0.2) is 0 Å². The first kappa shape index (κ1) is 36.8. The maximum absolute atomic E-state index is 2.51. The van der Waals surface area contributed by atoms with E-state index in [4.69, 9.17) is 0 Å². The molecular formula is C62H43N. The Hall–Kier alpha value is -8.00. The van der Waals surface area contributed by atoms with Gasteiger partial charge in [-0.25, -0.2) is 0 Å². The fraction of sp³-hybridized carbons (Fsp3) is 0.0323. The molecule has 0 saturated heterocycles. The number of para-hydroxylation sites is 1. The van der Waals surface area contributed by atoms with Crippen molar-refractivity contribution in [2.45, 2.75) is 10.8 Å². The minimum atomic E-state index is -0.537. The van der Waals surface area contributed by atoms with Gasteiger partial charge in [0.25, 0.3) is 0 Å². The Morgan fingerprint density at radius 2 is 0.556 bits per heavy atom. The molecule has 296 valence electrons. The Morgan fingerprint density at radius 1 is 0.238 bits per heavy atom. The number of hydrogen-bond donors (Lipinski definition) is 0. The van der Waals surface area contributed by atoms with Gasteiger partial charge in [-0.15, -0.1) is 0 Å². The van der Waals surface area contributed by atoms with Gasteiger partial charge in [-0.05, 0) is 103 Å². The first-order chi connectivity index (χ1) is 31.3. The van der Waals surface area contributed by atoms with Crippen LogP contribution in [0.2, 0.25) is 0 Å². The largest absolute Gasteiger partial charge is 0.310 e. The summed E-state index contributed by atoms with van der Waals surface area (Å²) in [6, 6.07) is 96.5. The first-order valence-corrected chi connectivity index (χ1v) is 21.9. The minimum Gasteiger partial charge on any atom is -0.310 e. The summed E-state index contributed by atoms with van der Waals surface area (Å²) in [7, 11) is 0. The standard InChI is InChI=1S/C62H43N/c1-6-22-44(23-7-1)51-32-18-21-37-60(51)63(49-38-40-54-52-33-16-19-35-56(52)61(58(54)42-49,45-24-8-2-9-25-45)46-26-10-3-11-27-46)50-39-41-55-53-34-17-20-36-57(53)62(59(55)43-50,47-28-12-4-13-29-47)48-30-14-5-15-31-48/h1-43H. The summed E-state index contributed by atoms with van der Waals surface area (Å²) < 4.78 is 0. The fourth-order valence-electron chi connectivity index (χ4n) is 11.1. The average molecular weight is 802 g/mol. The molecule has 2 aliphatic rings. The third-order valence-corrected chi connectivity index (χ3v) is 13.6. The van der Waals surface area contributed by atoms with Crippen molar-refractivity contribution in [1.29, 1.82) is 0 Å². The van der Waals surface area contributed by atoms with E-state index in [1.807, 2.05) is 0 Å². The van der Waals surface area contributed by atoms with Gasteiger partial charge in [0.1, 0.15) is 0 Å². The van der Waals surface area contributed by atoms with Crippen LogP contribution in [0.25, 0.3) is 33.4 Å². The Labute approximate surface area is 369 Å². The molecule has 1 heteroatoms. The van der Waals surface area contributed by atoms with E-state index >= 15 is 0 Å². The molecule has 0 unspecified atom stereocenters. The molecule has 1 nitrogen and oxygen atoms in total. The third kappa shape index (κ3) is 5.50. The molecule has 0 heterocycles. The summed E-state index contributed by atoms with van der Waals surface area (Å²) in [5.41, 5.74) is 19.8. The van der Waals surface area contributed by atoms with E-state index in [2.05, 4.69) is 266 Å². The molecular weight excluding hydrogens is 759 g/mol. The first-order valence-electron chi connectivity index (χ1n) is 21.9. The van der Waals surface area contributed by atoms with Crippen molar-refractivity contribution in [3.63, 3.8) is 0 Å². The quantitative estimate of drug-likeness (QED) is 0.148. The molecule has 0 atom stereocenters. The molecule has 12 rings (SSSR count). The smallest absolute Gasteiger partial charge is 0.0714 e. The Kier molecular flexibility index (Phi) is 8.69. The molecule has 0 fully saturated rings. The maximum Gasteiger partial charge on any atom is 0.0714 e. The van der Waals surface area contributed by atoms with Gasteiger partial charge in [-0.1, -0.05) is 231 Å². The second kappa shape index (κ2) is 14.9. The number of hydrogen-bond acceptors (Lipinski definition) is 1. The number of benzene rings is 10. The van der Waals surface area contributed by atoms with E-state index in [0.29, 0.717) is 0 Å². The van der Waals surface area contributed by atoms with Crippen LogP contribution in [0.5, 0.6) is 0 Å². The van der Waals surface area contributed by atoms with Crippen LogP contribution in [-0.2, 0) is 10.8 Å². The van der Waals surface area contributed by atoms with Crippen LogP contribution in [0.15, 0.2) is 261 Å². The Balaban J connectivity index is 1.16. The van der Waals surface area contributed by atoms with E-state index in [1.54, 1.807) is 0 Å². The summed E-state index contributed by atoms with van der Waals surface area (Å²) >= 11 is 0. The molecule has 10 aromatic rings. The van der Waals surface area contributed by atoms with Crippen LogP contribution in [0.4, 0.5) is 17.1 Å². The molecule has 0 saturated carbocycles. The summed E-state index contributed by atoms with van der Waals surface area (Å²) in [6.45, 7) is 0. The van der Waals surface area contributed by atoms with E-state index < -0.39 is 10.8 Å². The third-order valence-electron chi connectivity index (χ3n) is 13.6. The number of anilines is 3. The van der Waals surface area contributed by atoms with Crippen molar-refractivity contribution in [3.05, 3.63) is 305 Å². The molecule has 0 bridgehead atoms. The lowest BCUT2D eigenvalue weighted by Gasteiger charge is -2.36. The topological polar surface area (TPSA) is 3.24 Å². The minimum absolute atomic E-state index is 0.537. The predicted molar refractivity (Wildman–Crippen MR) is 261 cm³/mol. The van der Waals surface area contributed by atoms with Gasteiger partial charge in [-0.2, -0.15) is 0 Å². The van der Waals surface area contributed by atoms with Gasteiger partial charge in [0.2, 0.25) is 0 Å². The average Bonchev–Trinajstić information content (AvgIpc) is 3.83. The van der Waals surface area contributed by atoms with Gasteiger partial charge in [-0.3, -0.25) is 0 Å². The van der Waals surface area contributed by atoms with Crippen LogP contribution in [0.3, 0.4) is 0 Å². The van der Waals surface area contributed by atoms with Crippen molar-refractivity contribution < 1.29 is 0 Å². The van der Waals surface area contributed by atoms with Crippen LogP contribution in [-0.4, -0.2) is 0 Å². The van der Waals surface area contributed by atoms with Crippen LogP contribution in [0.1, 0.15) is 44.5 Å². The SMILES string of the molecule is c1ccc(-c2ccccc2N(c2ccc3c(c2)C(c2ccccc2)(c2ccccc2)c2ccccc2-3)c2ccc3c(c2)C(c2ccccc2)(c2ccccc2)c2ccccc2-3)cc1. The van der Waals surface area contributed by atoms with Crippen molar-refractivity contribution in [3.8, 4) is 33.4 Å². The molecule has 0 N–H and O–H groups in total. The number of rotatable bonds is 8. The molecule has 0 spiro atoms. The summed E-state index contributed by atoms with van der Waals surface area (Å²) in [5, 5.41) is 0. The summed E-state index contributed by atoms with van der Waals surface area (Å²) in [4.78, 5) is 2.51. The van der Waals surface area contributed by atoms with Gasteiger partial charge < -0.3 is 4.90 Å². The number of nitrogens with zero attached hydrogens (tertiary/aromatic N) is 1. The van der Waals surface area contributed by atoms with E-state index in [9.17, 15) is 0 Å². The summed E-state index contributed by atoms with van der Waals surface area (Å²) in [6.07, 6.45) is 0. The van der Waals surface area contributed by atoms with Crippen LogP contribution >= 0.6 is 0 Å². The molecule has 0 radical (unpaired) electrons.